The quantitative estimate of drug-likeness (QED) is 0.689. The summed E-state index contributed by atoms with van der Waals surface area (Å²) in [5, 5.41) is 10.1. The van der Waals surface area contributed by atoms with Crippen molar-refractivity contribution in [3.05, 3.63) is 54.1 Å². The molecule has 5 nitrogen and oxygen atoms in total. The molecule has 0 aromatic heterocycles. The van der Waals surface area contributed by atoms with E-state index in [4.69, 9.17) is 0 Å². The molecule has 10 heteroatoms. The number of sulfonamides is 1. The van der Waals surface area contributed by atoms with Gasteiger partial charge in [-0.1, -0.05) is 24.3 Å². The highest BCUT2D eigenvalue weighted by atomic mass is 32.2. The SMILES string of the molecule is CSc1ccc(C(O)CNS(=O)(=O)c2ccccc2OC(F)(F)F)cc1. The van der Waals surface area contributed by atoms with Crippen molar-refractivity contribution in [2.75, 3.05) is 12.8 Å². The van der Waals surface area contributed by atoms with Crippen LogP contribution in [0.2, 0.25) is 0 Å². The molecule has 26 heavy (non-hydrogen) atoms. The fraction of sp³-hybridized carbons (Fsp3) is 0.250. The van der Waals surface area contributed by atoms with Crippen LogP contribution in [0, 0.1) is 0 Å². The minimum absolute atomic E-state index is 0.401. The summed E-state index contributed by atoms with van der Waals surface area (Å²) >= 11 is 1.51. The van der Waals surface area contributed by atoms with E-state index in [1.165, 1.54) is 23.9 Å². The zero-order valence-corrected chi connectivity index (χ0v) is 15.2. The second kappa shape index (κ2) is 8.30. The zero-order chi connectivity index (χ0) is 19.4. The fourth-order valence-corrected chi connectivity index (χ4v) is 3.66. The van der Waals surface area contributed by atoms with Crippen LogP contribution in [0.25, 0.3) is 0 Å². The van der Waals surface area contributed by atoms with Gasteiger partial charge in [0.25, 0.3) is 0 Å². The first-order chi connectivity index (χ1) is 12.1. The van der Waals surface area contributed by atoms with Gasteiger partial charge in [0.15, 0.2) is 0 Å². The molecule has 0 heterocycles. The van der Waals surface area contributed by atoms with Gasteiger partial charge in [-0.3, -0.25) is 0 Å². The molecule has 0 fully saturated rings. The molecule has 0 spiro atoms. The topological polar surface area (TPSA) is 75.6 Å². The van der Waals surface area contributed by atoms with Gasteiger partial charge in [0.05, 0.1) is 6.10 Å². The Morgan fingerprint density at radius 3 is 2.35 bits per heavy atom. The number of ether oxygens (including phenoxy) is 1. The summed E-state index contributed by atoms with van der Waals surface area (Å²) in [5.41, 5.74) is 0.477. The summed E-state index contributed by atoms with van der Waals surface area (Å²) in [7, 11) is -4.32. The molecule has 2 N–H and O–H groups in total. The van der Waals surface area contributed by atoms with E-state index >= 15 is 0 Å². The maximum absolute atomic E-state index is 12.4. The van der Waals surface area contributed by atoms with Crippen LogP contribution in [0.5, 0.6) is 5.75 Å². The van der Waals surface area contributed by atoms with Crippen LogP contribution in [0.3, 0.4) is 0 Å². The van der Waals surface area contributed by atoms with E-state index < -0.39 is 39.7 Å². The third kappa shape index (κ3) is 5.63. The first kappa shape index (κ1) is 20.6. The number of nitrogens with one attached hydrogen (secondary N) is 1. The molecule has 2 aromatic carbocycles. The number of rotatable bonds is 7. The Bertz CT molecular complexity index is 839. The molecular formula is C16H16F3NO4S2. The van der Waals surface area contributed by atoms with Crippen molar-refractivity contribution in [1.82, 2.24) is 4.72 Å². The standard InChI is InChI=1S/C16H16F3NO4S2/c1-25-12-8-6-11(7-9-12)13(21)10-20-26(22,23)15-5-3-2-4-14(15)24-16(17,18)19/h2-9,13,20-21H,10H2,1H3. The zero-order valence-electron chi connectivity index (χ0n) is 13.5. The number of aliphatic hydroxyl groups excluding tert-OH is 1. The number of aliphatic hydroxyl groups is 1. The van der Waals surface area contributed by atoms with Gasteiger partial charge >= 0.3 is 6.36 Å². The number of alkyl halides is 3. The van der Waals surface area contributed by atoms with Crippen LogP contribution in [0.4, 0.5) is 13.2 Å². The lowest BCUT2D eigenvalue weighted by Gasteiger charge is -2.16. The molecule has 0 saturated heterocycles. The van der Waals surface area contributed by atoms with Crippen molar-refractivity contribution in [3.8, 4) is 5.75 Å². The van der Waals surface area contributed by atoms with Crippen molar-refractivity contribution in [1.29, 1.82) is 0 Å². The Morgan fingerprint density at radius 2 is 1.77 bits per heavy atom. The normalized spacial score (nSPS) is 13.4. The molecule has 1 atom stereocenters. The molecule has 0 radical (unpaired) electrons. The van der Waals surface area contributed by atoms with Gasteiger partial charge in [0, 0.05) is 11.4 Å². The molecule has 0 bridgehead atoms. The lowest BCUT2D eigenvalue weighted by molar-refractivity contribution is -0.275. The molecule has 142 valence electrons. The van der Waals surface area contributed by atoms with Crippen LogP contribution in [0.1, 0.15) is 11.7 Å². The van der Waals surface area contributed by atoms with Crippen LogP contribution in [-0.2, 0) is 10.0 Å². The van der Waals surface area contributed by atoms with Crippen LogP contribution in [0.15, 0.2) is 58.3 Å². The van der Waals surface area contributed by atoms with Gasteiger partial charge in [-0.05, 0) is 36.1 Å². The highest BCUT2D eigenvalue weighted by Gasteiger charge is 2.34. The highest BCUT2D eigenvalue weighted by Crippen LogP contribution is 2.29. The lowest BCUT2D eigenvalue weighted by Crippen LogP contribution is -2.29. The highest BCUT2D eigenvalue weighted by molar-refractivity contribution is 7.98. The summed E-state index contributed by atoms with van der Waals surface area (Å²) in [5.74, 6) is -0.841. The fourth-order valence-electron chi connectivity index (χ4n) is 2.09. The maximum Gasteiger partial charge on any atom is 0.573 e. The van der Waals surface area contributed by atoms with Crippen LogP contribution >= 0.6 is 11.8 Å². The summed E-state index contributed by atoms with van der Waals surface area (Å²) in [6.07, 6.45) is -4.29. The van der Waals surface area contributed by atoms with Gasteiger partial charge in [0.1, 0.15) is 10.6 Å². The minimum atomic E-state index is -5.02. The molecular weight excluding hydrogens is 391 g/mol. The van der Waals surface area contributed by atoms with Crippen molar-refractivity contribution >= 4 is 21.8 Å². The monoisotopic (exact) mass is 407 g/mol. The van der Waals surface area contributed by atoms with E-state index in [2.05, 4.69) is 9.46 Å². The third-order valence-electron chi connectivity index (χ3n) is 3.33. The summed E-state index contributed by atoms with van der Waals surface area (Å²) in [4.78, 5) is 0.307. The predicted molar refractivity (Wildman–Crippen MR) is 91.5 cm³/mol. The molecule has 2 aromatic rings. The average molecular weight is 407 g/mol. The molecule has 0 aliphatic heterocycles. The summed E-state index contributed by atoms with van der Waals surface area (Å²) in [6, 6.07) is 11.2. The molecule has 2 rings (SSSR count). The largest absolute Gasteiger partial charge is 0.573 e. The first-order valence-electron chi connectivity index (χ1n) is 7.29. The van der Waals surface area contributed by atoms with Crippen molar-refractivity contribution in [2.24, 2.45) is 0 Å². The van der Waals surface area contributed by atoms with E-state index in [9.17, 15) is 26.7 Å². The Hall–Kier alpha value is -1.75. The molecule has 0 saturated carbocycles. The van der Waals surface area contributed by atoms with Crippen LogP contribution < -0.4 is 9.46 Å². The Kier molecular flexibility index (Phi) is 6.56. The summed E-state index contributed by atoms with van der Waals surface area (Å²) < 4.78 is 67.7. The van der Waals surface area contributed by atoms with Gasteiger partial charge in [0.2, 0.25) is 10.0 Å². The van der Waals surface area contributed by atoms with Gasteiger partial charge < -0.3 is 9.84 Å². The van der Waals surface area contributed by atoms with E-state index in [-0.39, 0.29) is 0 Å². The third-order valence-corrected chi connectivity index (χ3v) is 5.54. The Labute approximate surface area is 153 Å². The number of thioether (sulfide) groups is 1. The van der Waals surface area contributed by atoms with E-state index in [1.807, 2.05) is 6.26 Å². The van der Waals surface area contributed by atoms with Crippen molar-refractivity contribution in [2.45, 2.75) is 22.3 Å². The van der Waals surface area contributed by atoms with Crippen molar-refractivity contribution in [3.63, 3.8) is 0 Å². The Balaban J connectivity index is 2.13. The number of halogens is 3. The molecule has 0 aliphatic carbocycles. The maximum atomic E-state index is 12.4. The number of para-hydroxylation sites is 1. The predicted octanol–water partition coefficient (Wildman–Crippen LogP) is 3.32. The smallest absolute Gasteiger partial charge is 0.404 e. The second-order valence-corrected chi connectivity index (χ2v) is 7.75. The molecule has 0 aliphatic rings. The summed E-state index contributed by atoms with van der Waals surface area (Å²) in [6.45, 7) is -0.401. The first-order valence-corrected chi connectivity index (χ1v) is 9.99. The number of benzene rings is 2. The van der Waals surface area contributed by atoms with E-state index in [1.54, 1.807) is 24.3 Å². The van der Waals surface area contributed by atoms with Crippen LogP contribution in [-0.4, -0.2) is 32.7 Å². The van der Waals surface area contributed by atoms with Gasteiger partial charge in [-0.2, -0.15) is 0 Å². The second-order valence-electron chi connectivity index (χ2n) is 5.14. The minimum Gasteiger partial charge on any atom is -0.404 e. The average Bonchev–Trinajstić information content (AvgIpc) is 2.59. The van der Waals surface area contributed by atoms with Gasteiger partial charge in [-0.25, -0.2) is 13.1 Å². The molecule has 0 amide bonds. The lowest BCUT2D eigenvalue weighted by atomic mass is 10.1. The number of hydrogen-bond donors (Lipinski definition) is 2. The van der Waals surface area contributed by atoms with E-state index in [0.717, 1.165) is 17.0 Å². The molecule has 1 unspecified atom stereocenters. The van der Waals surface area contributed by atoms with Crippen molar-refractivity contribution < 1.29 is 31.4 Å². The Morgan fingerprint density at radius 1 is 1.15 bits per heavy atom. The van der Waals surface area contributed by atoms with Gasteiger partial charge in [-0.15, -0.1) is 24.9 Å². The van der Waals surface area contributed by atoms with E-state index in [0.29, 0.717) is 5.56 Å². The number of hydrogen-bond acceptors (Lipinski definition) is 5.